The first-order chi connectivity index (χ1) is 10.8. The van der Waals surface area contributed by atoms with Crippen molar-refractivity contribution in [3.63, 3.8) is 0 Å². The van der Waals surface area contributed by atoms with Gasteiger partial charge in [0.1, 0.15) is 0 Å². The van der Waals surface area contributed by atoms with Crippen LogP contribution in [0.1, 0.15) is 56.9 Å². The maximum absolute atomic E-state index is 13.9. The molecule has 0 saturated heterocycles. The van der Waals surface area contributed by atoms with Crippen LogP contribution in [0.4, 0.5) is 17.6 Å². The highest BCUT2D eigenvalue weighted by Crippen LogP contribution is 2.47. The van der Waals surface area contributed by atoms with Gasteiger partial charge in [0.15, 0.2) is 11.6 Å². The Labute approximate surface area is 134 Å². The van der Waals surface area contributed by atoms with Crippen LogP contribution >= 0.6 is 0 Å². The van der Waals surface area contributed by atoms with Crippen LogP contribution in [-0.4, -0.2) is 6.36 Å². The lowest BCUT2D eigenvalue weighted by Gasteiger charge is -2.41. The number of alkyl halides is 3. The lowest BCUT2D eigenvalue weighted by molar-refractivity contribution is -0.275. The fourth-order valence-corrected chi connectivity index (χ4v) is 4.41. The van der Waals surface area contributed by atoms with Crippen molar-refractivity contribution in [3.05, 3.63) is 29.6 Å². The van der Waals surface area contributed by atoms with E-state index in [1.807, 2.05) is 0 Å². The van der Waals surface area contributed by atoms with Gasteiger partial charge >= 0.3 is 6.36 Å². The second-order valence-corrected chi connectivity index (χ2v) is 7.19. The van der Waals surface area contributed by atoms with Crippen LogP contribution in [0.3, 0.4) is 0 Å². The summed E-state index contributed by atoms with van der Waals surface area (Å²) in [7, 11) is 0. The highest BCUT2D eigenvalue weighted by Gasteiger charge is 2.36. The third-order valence-electron chi connectivity index (χ3n) is 5.53. The predicted molar refractivity (Wildman–Crippen MR) is 79.7 cm³/mol. The number of rotatable bonds is 2. The molecule has 1 aromatic carbocycles. The van der Waals surface area contributed by atoms with Crippen LogP contribution in [0.25, 0.3) is 0 Å². The molecule has 2 fully saturated rings. The molecule has 2 aliphatic carbocycles. The fraction of sp³-hybridized carbons (Fsp3) is 0.667. The molecule has 1 nitrogen and oxygen atoms in total. The van der Waals surface area contributed by atoms with E-state index in [-0.39, 0.29) is 5.92 Å². The topological polar surface area (TPSA) is 9.23 Å². The Morgan fingerprint density at radius 1 is 1.00 bits per heavy atom. The summed E-state index contributed by atoms with van der Waals surface area (Å²) in [5, 5.41) is 0. The van der Waals surface area contributed by atoms with Crippen LogP contribution in [0, 0.1) is 23.6 Å². The number of benzene rings is 1. The van der Waals surface area contributed by atoms with Gasteiger partial charge in [0.2, 0.25) is 0 Å². The number of ether oxygens (including phenoxy) is 1. The first kappa shape index (κ1) is 16.6. The summed E-state index contributed by atoms with van der Waals surface area (Å²) >= 11 is 0. The zero-order valence-corrected chi connectivity index (χ0v) is 13.2. The molecule has 0 heterocycles. The fourth-order valence-electron chi connectivity index (χ4n) is 4.41. The van der Waals surface area contributed by atoms with Gasteiger partial charge in [-0.3, -0.25) is 0 Å². The highest BCUT2D eigenvalue weighted by atomic mass is 19.4. The number of fused-ring (bicyclic) bond motifs is 1. The smallest absolute Gasteiger partial charge is 0.403 e. The first-order valence-corrected chi connectivity index (χ1v) is 8.37. The van der Waals surface area contributed by atoms with Crippen molar-refractivity contribution in [2.75, 3.05) is 0 Å². The minimum Gasteiger partial charge on any atom is -0.403 e. The lowest BCUT2D eigenvalue weighted by atomic mass is 9.64. The van der Waals surface area contributed by atoms with E-state index in [1.54, 1.807) is 6.07 Å². The van der Waals surface area contributed by atoms with Gasteiger partial charge in [-0.15, -0.1) is 13.2 Å². The van der Waals surface area contributed by atoms with Gasteiger partial charge < -0.3 is 4.74 Å². The zero-order chi connectivity index (χ0) is 16.6. The number of halogens is 4. The number of hydrogen-bond donors (Lipinski definition) is 0. The summed E-state index contributed by atoms with van der Waals surface area (Å²) in [5.41, 5.74) is 0.800. The van der Waals surface area contributed by atoms with Crippen LogP contribution in [0.15, 0.2) is 18.2 Å². The van der Waals surface area contributed by atoms with E-state index < -0.39 is 17.9 Å². The van der Waals surface area contributed by atoms with E-state index in [9.17, 15) is 17.6 Å². The summed E-state index contributed by atoms with van der Waals surface area (Å²) in [5.74, 6) is 0.815. The van der Waals surface area contributed by atoms with Crippen molar-refractivity contribution in [3.8, 4) is 5.75 Å². The Hall–Kier alpha value is -1.26. The molecule has 4 unspecified atom stereocenters. The van der Waals surface area contributed by atoms with Crippen LogP contribution in [0.2, 0.25) is 0 Å². The van der Waals surface area contributed by atoms with Gasteiger partial charge in [-0.05, 0) is 73.5 Å². The Morgan fingerprint density at radius 3 is 2.39 bits per heavy atom. The van der Waals surface area contributed by atoms with Crippen molar-refractivity contribution in [2.24, 2.45) is 17.8 Å². The van der Waals surface area contributed by atoms with E-state index in [2.05, 4.69) is 11.7 Å². The molecule has 0 aliphatic heterocycles. The summed E-state index contributed by atoms with van der Waals surface area (Å²) in [6.45, 7) is 2.30. The van der Waals surface area contributed by atoms with E-state index >= 15 is 0 Å². The van der Waals surface area contributed by atoms with Gasteiger partial charge in [0.05, 0.1) is 0 Å². The molecule has 3 rings (SSSR count). The quantitative estimate of drug-likeness (QED) is 0.600. The van der Waals surface area contributed by atoms with Crippen molar-refractivity contribution < 1.29 is 22.3 Å². The van der Waals surface area contributed by atoms with E-state index in [1.165, 1.54) is 25.3 Å². The van der Waals surface area contributed by atoms with Gasteiger partial charge in [-0.25, -0.2) is 4.39 Å². The van der Waals surface area contributed by atoms with Crippen LogP contribution in [-0.2, 0) is 0 Å². The second kappa shape index (κ2) is 6.33. The molecule has 128 valence electrons. The largest absolute Gasteiger partial charge is 0.573 e. The maximum Gasteiger partial charge on any atom is 0.573 e. The Kier molecular flexibility index (Phi) is 4.56. The highest BCUT2D eigenvalue weighted by molar-refractivity contribution is 5.32. The Morgan fingerprint density at radius 2 is 1.70 bits per heavy atom. The molecular formula is C18H22F4O. The van der Waals surface area contributed by atoms with Crippen molar-refractivity contribution in [1.29, 1.82) is 0 Å². The monoisotopic (exact) mass is 330 g/mol. The average molecular weight is 330 g/mol. The van der Waals surface area contributed by atoms with Gasteiger partial charge in [0, 0.05) is 0 Å². The summed E-state index contributed by atoms with van der Waals surface area (Å²) in [6, 6.07) is 3.91. The molecule has 23 heavy (non-hydrogen) atoms. The third-order valence-corrected chi connectivity index (χ3v) is 5.53. The third kappa shape index (κ3) is 3.99. The van der Waals surface area contributed by atoms with E-state index in [0.29, 0.717) is 5.92 Å². The first-order valence-electron chi connectivity index (χ1n) is 8.37. The summed E-state index contributed by atoms with van der Waals surface area (Å²) in [4.78, 5) is 0. The molecule has 0 N–H and O–H groups in total. The molecule has 2 saturated carbocycles. The molecule has 1 aromatic rings. The molecule has 5 heteroatoms. The molecule has 4 atom stereocenters. The van der Waals surface area contributed by atoms with Crippen molar-refractivity contribution in [2.45, 2.75) is 57.7 Å². The molecule has 0 bridgehead atoms. The number of hydrogen-bond acceptors (Lipinski definition) is 1. The zero-order valence-electron chi connectivity index (χ0n) is 13.2. The minimum atomic E-state index is -4.86. The molecular weight excluding hydrogens is 308 g/mol. The van der Waals surface area contributed by atoms with Gasteiger partial charge in [-0.2, -0.15) is 0 Å². The van der Waals surface area contributed by atoms with E-state index in [4.69, 9.17) is 0 Å². The Balaban J connectivity index is 1.69. The maximum atomic E-state index is 13.9. The Bertz CT molecular complexity index is 554. The molecule has 0 radical (unpaired) electrons. The van der Waals surface area contributed by atoms with Crippen molar-refractivity contribution >= 4 is 0 Å². The summed E-state index contributed by atoms with van der Waals surface area (Å²) in [6.07, 6.45) is 2.05. The van der Waals surface area contributed by atoms with Gasteiger partial charge in [0.25, 0.3) is 0 Å². The molecule has 0 aromatic heterocycles. The summed E-state index contributed by atoms with van der Waals surface area (Å²) < 4.78 is 54.2. The van der Waals surface area contributed by atoms with Crippen molar-refractivity contribution in [1.82, 2.24) is 0 Å². The molecule has 2 aliphatic rings. The van der Waals surface area contributed by atoms with Gasteiger partial charge in [-0.1, -0.05) is 19.4 Å². The SMILES string of the molecule is CC1CCC2CC(c3ccc(OC(F)(F)F)c(F)c3)CCC2C1. The molecule has 0 amide bonds. The lowest BCUT2D eigenvalue weighted by Crippen LogP contribution is -2.29. The van der Waals surface area contributed by atoms with E-state index in [0.717, 1.165) is 42.7 Å². The average Bonchev–Trinajstić information content (AvgIpc) is 2.47. The second-order valence-electron chi connectivity index (χ2n) is 7.19. The molecule has 0 spiro atoms. The predicted octanol–water partition coefficient (Wildman–Crippen LogP) is 6.04. The van der Waals surface area contributed by atoms with Crippen LogP contribution in [0.5, 0.6) is 5.75 Å². The minimum absolute atomic E-state index is 0.249. The normalized spacial score (nSPS) is 31.5. The standard InChI is InChI=1S/C18H22F4O/c1-11-2-3-13-9-14(5-4-12(13)8-11)15-6-7-17(16(19)10-15)23-18(20,21)22/h6-7,10-14H,2-5,8-9H2,1H3. The van der Waals surface area contributed by atoms with Crippen LogP contribution < -0.4 is 4.74 Å².